The summed E-state index contributed by atoms with van der Waals surface area (Å²) in [4.78, 5) is 18.8. The molecule has 128 valence electrons. The molecule has 2 N–H and O–H groups in total. The van der Waals surface area contributed by atoms with Crippen molar-refractivity contribution in [1.29, 1.82) is 0 Å². The maximum absolute atomic E-state index is 12.5. The van der Waals surface area contributed by atoms with Gasteiger partial charge in [-0.25, -0.2) is 0 Å². The molecule has 0 saturated carbocycles. The fraction of sp³-hybridized carbons (Fsp3) is 0.368. The molecule has 0 bridgehead atoms. The van der Waals surface area contributed by atoms with Gasteiger partial charge in [0, 0.05) is 31.2 Å². The minimum atomic E-state index is -0.146. The van der Waals surface area contributed by atoms with Crippen LogP contribution in [0.1, 0.15) is 35.7 Å². The standard InChI is InChI=1S/C19H26N4O/c1-14(2)17-7-5-6-8-18(17)22-19(24)15-11-16(13-20-12-15)21-9-10-23(3)4/h5-8,11-14,21H,9-10H2,1-4H3,(H,22,24). The lowest BCUT2D eigenvalue weighted by molar-refractivity contribution is 0.102. The van der Waals surface area contributed by atoms with E-state index in [9.17, 15) is 4.79 Å². The first-order chi connectivity index (χ1) is 11.5. The fourth-order valence-electron chi connectivity index (χ4n) is 2.39. The third-order valence-corrected chi connectivity index (χ3v) is 3.72. The molecule has 0 spiro atoms. The number of likely N-dealkylation sites (N-methyl/N-ethyl adjacent to an activating group) is 1. The molecule has 2 rings (SSSR count). The molecule has 5 heteroatoms. The Balaban J connectivity index is 2.08. The summed E-state index contributed by atoms with van der Waals surface area (Å²) in [6, 6.07) is 9.72. The van der Waals surface area contributed by atoms with E-state index in [1.165, 1.54) is 0 Å². The van der Waals surface area contributed by atoms with Crippen molar-refractivity contribution >= 4 is 17.3 Å². The monoisotopic (exact) mass is 326 g/mol. The van der Waals surface area contributed by atoms with E-state index >= 15 is 0 Å². The number of anilines is 2. The van der Waals surface area contributed by atoms with Crippen LogP contribution in [0.25, 0.3) is 0 Å². The highest BCUT2D eigenvalue weighted by molar-refractivity contribution is 6.05. The molecular weight excluding hydrogens is 300 g/mol. The summed E-state index contributed by atoms with van der Waals surface area (Å²) in [6.45, 7) is 5.94. The Morgan fingerprint density at radius 1 is 1.21 bits per heavy atom. The van der Waals surface area contributed by atoms with E-state index in [0.717, 1.165) is 30.0 Å². The second kappa shape index (κ2) is 8.45. The summed E-state index contributed by atoms with van der Waals surface area (Å²) in [6.07, 6.45) is 3.32. The second-order valence-corrected chi connectivity index (χ2v) is 6.39. The average molecular weight is 326 g/mol. The summed E-state index contributed by atoms with van der Waals surface area (Å²) in [5.41, 5.74) is 3.37. The van der Waals surface area contributed by atoms with Gasteiger partial charge in [-0.05, 0) is 37.7 Å². The zero-order valence-corrected chi connectivity index (χ0v) is 14.8. The lowest BCUT2D eigenvalue weighted by atomic mass is 10.0. The average Bonchev–Trinajstić information content (AvgIpc) is 2.55. The van der Waals surface area contributed by atoms with E-state index in [2.05, 4.69) is 34.4 Å². The number of para-hydroxylation sites is 1. The highest BCUT2D eigenvalue weighted by Gasteiger charge is 2.11. The van der Waals surface area contributed by atoms with Gasteiger partial charge in [-0.2, -0.15) is 0 Å². The maximum atomic E-state index is 12.5. The largest absolute Gasteiger partial charge is 0.382 e. The van der Waals surface area contributed by atoms with Crippen LogP contribution in [0, 0.1) is 0 Å². The van der Waals surface area contributed by atoms with Gasteiger partial charge < -0.3 is 15.5 Å². The molecule has 0 aliphatic heterocycles. The number of aromatic nitrogens is 1. The van der Waals surface area contributed by atoms with Gasteiger partial charge in [0.2, 0.25) is 0 Å². The van der Waals surface area contributed by atoms with Gasteiger partial charge in [0.1, 0.15) is 0 Å². The highest BCUT2D eigenvalue weighted by atomic mass is 16.1. The second-order valence-electron chi connectivity index (χ2n) is 6.39. The van der Waals surface area contributed by atoms with Crippen LogP contribution in [0.15, 0.2) is 42.7 Å². The summed E-state index contributed by atoms with van der Waals surface area (Å²) < 4.78 is 0. The minimum Gasteiger partial charge on any atom is -0.382 e. The van der Waals surface area contributed by atoms with Crippen LogP contribution < -0.4 is 10.6 Å². The van der Waals surface area contributed by atoms with Gasteiger partial charge in [0.05, 0.1) is 11.3 Å². The molecule has 0 radical (unpaired) electrons. The first-order valence-corrected chi connectivity index (χ1v) is 8.21. The predicted molar refractivity (Wildman–Crippen MR) is 99.8 cm³/mol. The van der Waals surface area contributed by atoms with Crippen LogP contribution in [-0.2, 0) is 0 Å². The molecule has 0 unspecified atom stereocenters. The van der Waals surface area contributed by atoms with Gasteiger partial charge in [0.25, 0.3) is 5.91 Å². The first kappa shape index (κ1) is 17.9. The van der Waals surface area contributed by atoms with Crippen LogP contribution in [0.4, 0.5) is 11.4 Å². The molecule has 1 heterocycles. The Morgan fingerprint density at radius 2 is 1.96 bits per heavy atom. The number of carbonyl (C=O) groups is 1. The van der Waals surface area contributed by atoms with E-state index in [1.807, 2.05) is 44.4 Å². The Kier molecular flexibility index (Phi) is 6.32. The number of pyridine rings is 1. The van der Waals surface area contributed by atoms with Crippen LogP contribution in [-0.4, -0.2) is 43.0 Å². The van der Waals surface area contributed by atoms with Crippen molar-refractivity contribution in [1.82, 2.24) is 9.88 Å². The van der Waals surface area contributed by atoms with Crippen molar-refractivity contribution < 1.29 is 4.79 Å². The third-order valence-electron chi connectivity index (χ3n) is 3.72. The van der Waals surface area contributed by atoms with E-state index < -0.39 is 0 Å². The van der Waals surface area contributed by atoms with Crippen LogP contribution in [0.3, 0.4) is 0 Å². The number of nitrogens with one attached hydrogen (secondary N) is 2. The Bertz CT molecular complexity index is 683. The number of amides is 1. The third kappa shape index (κ3) is 5.06. The maximum Gasteiger partial charge on any atom is 0.257 e. The molecular formula is C19H26N4O. The molecule has 1 aromatic carbocycles. The van der Waals surface area contributed by atoms with Gasteiger partial charge in [-0.15, -0.1) is 0 Å². The van der Waals surface area contributed by atoms with Gasteiger partial charge >= 0.3 is 0 Å². The van der Waals surface area contributed by atoms with Crippen molar-refractivity contribution in [2.24, 2.45) is 0 Å². The van der Waals surface area contributed by atoms with Crippen molar-refractivity contribution in [2.45, 2.75) is 19.8 Å². The summed E-state index contributed by atoms with van der Waals surface area (Å²) in [5.74, 6) is 0.200. The van der Waals surface area contributed by atoms with Gasteiger partial charge in [0.15, 0.2) is 0 Å². The number of carbonyl (C=O) groups excluding carboxylic acids is 1. The first-order valence-electron chi connectivity index (χ1n) is 8.21. The topological polar surface area (TPSA) is 57.3 Å². The molecule has 0 aliphatic carbocycles. The van der Waals surface area contributed by atoms with Crippen LogP contribution in [0.5, 0.6) is 0 Å². The Hall–Kier alpha value is -2.40. The van der Waals surface area contributed by atoms with Crippen molar-refractivity contribution in [3.63, 3.8) is 0 Å². The zero-order chi connectivity index (χ0) is 17.5. The number of benzene rings is 1. The molecule has 1 amide bonds. The van der Waals surface area contributed by atoms with Crippen molar-refractivity contribution in [3.8, 4) is 0 Å². The lowest BCUT2D eigenvalue weighted by Gasteiger charge is -2.14. The molecule has 0 aliphatic rings. The molecule has 24 heavy (non-hydrogen) atoms. The molecule has 0 atom stereocenters. The number of rotatable bonds is 7. The van der Waals surface area contributed by atoms with Gasteiger partial charge in [-0.1, -0.05) is 32.0 Å². The van der Waals surface area contributed by atoms with Gasteiger partial charge in [-0.3, -0.25) is 9.78 Å². The molecule has 2 aromatic rings. The normalized spacial score (nSPS) is 10.9. The van der Waals surface area contributed by atoms with Crippen molar-refractivity contribution in [3.05, 3.63) is 53.9 Å². The lowest BCUT2D eigenvalue weighted by Crippen LogP contribution is -2.21. The number of hydrogen-bond acceptors (Lipinski definition) is 4. The van der Waals surface area contributed by atoms with E-state index in [1.54, 1.807) is 12.4 Å². The highest BCUT2D eigenvalue weighted by Crippen LogP contribution is 2.24. The fourth-order valence-corrected chi connectivity index (χ4v) is 2.39. The van der Waals surface area contributed by atoms with E-state index in [-0.39, 0.29) is 5.91 Å². The Labute approximate surface area is 144 Å². The zero-order valence-electron chi connectivity index (χ0n) is 14.8. The van der Waals surface area contributed by atoms with E-state index in [4.69, 9.17) is 0 Å². The summed E-state index contributed by atoms with van der Waals surface area (Å²) in [7, 11) is 4.05. The van der Waals surface area contributed by atoms with Crippen LogP contribution in [0.2, 0.25) is 0 Å². The smallest absolute Gasteiger partial charge is 0.257 e. The number of nitrogens with zero attached hydrogens (tertiary/aromatic N) is 2. The predicted octanol–water partition coefficient (Wildman–Crippen LogP) is 3.43. The van der Waals surface area contributed by atoms with E-state index in [0.29, 0.717) is 11.5 Å². The molecule has 1 aromatic heterocycles. The van der Waals surface area contributed by atoms with Crippen LogP contribution >= 0.6 is 0 Å². The Morgan fingerprint density at radius 3 is 2.67 bits per heavy atom. The molecule has 0 fully saturated rings. The summed E-state index contributed by atoms with van der Waals surface area (Å²) >= 11 is 0. The quantitative estimate of drug-likeness (QED) is 0.818. The van der Waals surface area contributed by atoms with Crippen molar-refractivity contribution in [2.75, 3.05) is 37.8 Å². The molecule has 5 nitrogen and oxygen atoms in total. The molecule has 0 saturated heterocycles. The minimum absolute atomic E-state index is 0.146. The SMILES string of the molecule is CC(C)c1ccccc1NC(=O)c1cncc(NCCN(C)C)c1. The summed E-state index contributed by atoms with van der Waals surface area (Å²) in [5, 5.41) is 6.28. The number of hydrogen-bond donors (Lipinski definition) is 2.